The van der Waals surface area contributed by atoms with Crippen LogP contribution in [0.25, 0.3) is 0 Å². The minimum atomic E-state index is 0.0661. The van der Waals surface area contributed by atoms with Gasteiger partial charge in [0.1, 0.15) is 0 Å². The van der Waals surface area contributed by atoms with E-state index in [4.69, 9.17) is 5.84 Å². The van der Waals surface area contributed by atoms with E-state index in [9.17, 15) is 0 Å². The van der Waals surface area contributed by atoms with Gasteiger partial charge in [-0.05, 0) is 48.9 Å². The Balaban J connectivity index is 1.99. The van der Waals surface area contributed by atoms with Crippen molar-refractivity contribution >= 4 is 0 Å². The van der Waals surface area contributed by atoms with Crippen molar-refractivity contribution < 1.29 is 0 Å². The van der Waals surface area contributed by atoms with Crippen molar-refractivity contribution in [2.24, 2.45) is 5.84 Å². The van der Waals surface area contributed by atoms with Crippen molar-refractivity contribution in [3.05, 3.63) is 59.2 Å². The lowest BCUT2D eigenvalue weighted by molar-refractivity contribution is 0.399. The van der Waals surface area contributed by atoms with Gasteiger partial charge >= 0.3 is 0 Å². The summed E-state index contributed by atoms with van der Waals surface area (Å²) in [6.07, 6.45) is 9.04. The van der Waals surface area contributed by atoms with Gasteiger partial charge in [-0.25, -0.2) is 0 Å². The fraction of sp³-hybridized carbons (Fsp3) is 0.375. The van der Waals surface area contributed by atoms with E-state index in [1.807, 2.05) is 24.7 Å². The third-order valence-corrected chi connectivity index (χ3v) is 4.08. The maximum Gasteiger partial charge on any atom is 0.0559 e. The normalized spacial score (nSPS) is 19.4. The van der Waals surface area contributed by atoms with E-state index in [1.165, 1.54) is 17.7 Å². The molecule has 0 amide bonds. The number of aryl methyl sites for hydroxylation is 2. The SMILES string of the molecule is Cc1cncc(C(NN)C2CCCc3cccnc32)c1. The molecule has 2 atom stereocenters. The number of fused-ring (bicyclic) bond motifs is 1. The summed E-state index contributed by atoms with van der Waals surface area (Å²) in [6, 6.07) is 6.40. The molecule has 1 aliphatic carbocycles. The molecule has 0 aromatic carbocycles. The summed E-state index contributed by atoms with van der Waals surface area (Å²) in [5.41, 5.74) is 7.80. The molecule has 0 aliphatic heterocycles. The molecule has 2 aromatic rings. The fourth-order valence-corrected chi connectivity index (χ4v) is 3.16. The van der Waals surface area contributed by atoms with Gasteiger partial charge in [-0.1, -0.05) is 12.1 Å². The lowest BCUT2D eigenvalue weighted by atomic mass is 9.80. The van der Waals surface area contributed by atoms with Crippen molar-refractivity contribution in [2.45, 2.75) is 38.1 Å². The van der Waals surface area contributed by atoms with E-state index in [0.29, 0.717) is 5.92 Å². The van der Waals surface area contributed by atoms with Crippen LogP contribution >= 0.6 is 0 Å². The van der Waals surface area contributed by atoms with Crippen LogP contribution < -0.4 is 11.3 Å². The highest BCUT2D eigenvalue weighted by Gasteiger charge is 2.29. The molecule has 4 heteroatoms. The number of hydrogen-bond donors (Lipinski definition) is 2. The van der Waals surface area contributed by atoms with E-state index >= 15 is 0 Å². The molecule has 0 saturated heterocycles. The van der Waals surface area contributed by atoms with Crippen LogP contribution in [-0.2, 0) is 6.42 Å². The van der Waals surface area contributed by atoms with Gasteiger partial charge in [-0.2, -0.15) is 0 Å². The quantitative estimate of drug-likeness (QED) is 0.663. The Kier molecular flexibility index (Phi) is 3.76. The van der Waals surface area contributed by atoms with Crippen LogP contribution in [0.3, 0.4) is 0 Å². The van der Waals surface area contributed by atoms with Gasteiger partial charge in [0.25, 0.3) is 0 Å². The number of hydrogen-bond acceptors (Lipinski definition) is 4. The van der Waals surface area contributed by atoms with E-state index in [1.54, 1.807) is 0 Å². The molecule has 4 nitrogen and oxygen atoms in total. The van der Waals surface area contributed by atoms with Gasteiger partial charge in [0.05, 0.1) is 6.04 Å². The average Bonchev–Trinajstić information content (AvgIpc) is 2.48. The summed E-state index contributed by atoms with van der Waals surface area (Å²) >= 11 is 0. The summed E-state index contributed by atoms with van der Waals surface area (Å²) in [5.74, 6) is 6.15. The number of aromatic nitrogens is 2. The molecule has 0 fully saturated rings. The monoisotopic (exact) mass is 268 g/mol. The zero-order valence-electron chi connectivity index (χ0n) is 11.7. The Morgan fingerprint density at radius 2 is 2.30 bits per heavy atom. The highest BCUT2D eigenvalue weighted by atomic mass is 15.2. The Morgan fingerprint density at radius 1 is 1.40 bits per heavy atom. The Bertz CT molecular complexity index is 597. The maximum atomic E-state index is 5.84. The Morgan fingerprint density at radius 3 is 3.10 bits per heavy atom. The Labute approximate surface area is 119 Å². The van der Waals surface area contributed by atoms with E-state index < -0.39 is 0 Å². The second-order valence-electron chi connectivity index (χ2n) is 5.49. The van der Waals surface area contributed by atoms with Crippen LogP contribution in [0.15, 0.2) is 36.8 Å². The molecule has 0 radical (unpaired) electrons. The van der Waals surface area contributed by atoms with Crippen LogP contribution in [0.4, 0.5) is 0 Å². The zero-order valence-corrected chi connectivity index (χ0v) is 11.7. The second-order valence-corrected chi connectivity index (χ2v) is 5.49. The predicted molar refractivity (Wildman–Crippen MR) is 79.0 cm³/mol. The third-order valence-electron chi connectivity index (χ3n) is 4.08. The molecular formula is C16H20N4. The Hall–Kier alpha value is -1.78. The summed E-state index contributed by atoms with van der Waals surface area (Å²) < 4.78 is 0. The van der Waals surface area contributed by atoms with E-state index in [-0.39, 0.29) is 6.04 Å². The number of rotatable bonds is 3. The topological polar surface area (TPSA) is 63.8 Å². The van der Waals surface area contributed by atoms with E-state index in [2.05, 4.69) is 34.5 Å². The van der Waals surface area contributed by atoms with Crippen molar-refractivity contribution in [3.63, 3.8) is 0 Å². The third kappa shape index (κ3) is 2.44. The van der Waals surface area contributed by atoms with E-state index in [0.717, 1.165) is 24.0 Å². The van der Waals surface area contributed by atoms with Crippen molar-refractivity contribution in [2.75, 3.05) is 0 Å². The first kappa shape index (κ1) is 13.2. The maximum absolute atomic E-state index is 5.84. The van der Waals surface area contributed by atoms with Gasteiger partial charge in [0, 0.05) is 30.2 Å². The molecule has 0 bridgehead atoms. The largest absolute Gasteiger partial charge is 0.271 e. The molecule has 104 valence electrons. The molecule has 2 aromatic heterocycles. The molecule has 2 heterocycles. The van der Waals surface area contributed by atoms with Gasteiger partial charge in [-0.15, -0.1) is 0 Å². The molecule has 2 unspecified atom stereocenters. The van der Waals surface area contributed by atoms with Gasteiger partial charge in [0.15, 0.2) is 0 Å². The second kappa shape index (κ2) is 5.69. The van der Waals surface area contributed by atoms with Crippen LogP contribution in [-0.4, -0.2) is 9.97 Å². The number of nitrogens with one attached hydrogen (secondary N) is 1. The minimum Gasteiger partial charge on any atom is -0.271 e. The molecule has 1 aliphatic rings. The molecule has 3 N–H and O–H groups in total. The van der Waals surface area contributed by atoms with Crippen molar-refractivity contribution in [3.8, 4) is 0 Å². The standard InChI is InChI=1S/C16H20N4/c1-11-8-13(10-18-9-11)16(20-17)14-6-2-4-12-5-3-7-19-15(12)14/h3,5,7-10,14,16,20H,2,4,6,17H2,1H3. The van der Waals surface area contributed by atoms with Crippen LogP contribution in [0, 0.1) is 6.92 Å². The number of nitrogens with zero attached hydrogens (tertiary/aromatic N) is 2. The molecule has 0 spiro atoms. The van der Waals surface area contributed by atoms with Crippen LogP contribution in [0.2, 0.25) is 0 Å². The zero-order chi connectivity index (χ0) is 13.9. The van der Waals surface area contributed by atoms with Crippen molar-refractivity contribution in [1.29, 1.82) is 0 Å². The first-order valence-electron chi connectivity index (χ1n) is 7.11. The van der Waals surface area contributed by atoms with Gasteiger partial charge in [0.2, 0.25) is 0 Å². The first-order chi connectivity index (χ1) is 9.79. The van der Waals surface area contributed by atoms with Gasteiger partial charge < -0.3 is 0 Å². The summed E-state index contributed by atoms with van der Waals surface area (Å²) in [5, 5.41) is 0. The molecule has 0 saturated carbocycles. The highest BCUT2D eigenvalue weighted by Crippen LogP contribution is 2.38. The minimum absolute atomic E-state index is 0.0661. The summed E-state index contributed by atoms with van der Waals surface area (Å²) in [6.45, 7) is 2.05. The van der Waals surface area contributed by atoms with Gasteiger partial charge in [-0.3, -0.25) is 21.2 Å². The number of hydrazine groups is 1. The fourth-order valence-electron chi connectivity index (χ4n) is 3.16. The van der Waals surface area contributed by atoms with Crippen molar-refractivity contribution in [1.82, 2.24) is 15.4 Å². The van der Waals surface area contributed by atoms with Crippen LogP contribution in [0.5, 0.6) is 0 Å². The lowest BCUT2D eigenvalue weighted by Gasteiger charge is -2.31. The molecule has 3 rings (SSSR count). The number of nitrogens with two attached hydrogens (primary N) is 1. The molecular weight excluding hydrogens is 248 g/mol. The smallest absolute Gasteiger partial charge is 0.0559 e. The first-order valence-corrected chi connectivity index (χ1v) is 7.11. The average molecular weight is 268 g/mol. The molecule has 20 heavy (non-hydrogen) atoms. The predicted octanol–water partition coefficient (Wildman–Crippen LogP) is 2.41. The highest BCUT2D eigenvalue weighted by molar-refractivity contribution is 5.31. The summed E-state index contributed by atoms with van der Waals surface area (Å²) in [4.78, 5) is 8.89. The summed E-state index contributed by atoms with van der Waals surface area (Å²) in [7, 11) is 0. The lowest BCUT2D eigenvalue weighted by Crippen LogP contribution is -2.34. The number of pyridine rings is 2. The van der Waals surface area contributed by atoms with Crippen LogP contribution in [0.1, 0.15) is 47.2 Å².